The van der Waals surface area contributed by atoms with Crippen molar-refractivity contribution in [1.82, 2.24) is 10.3 Å². The highest BCUT2D eigenvalue weighted by Crippen LogP contribution is 2.16. The molecule has 0 unspecified atom stereocenters. The molecule has 3 N–H and O–H groups in total. The normalized spacial score (nSPS) is 11.5. The molecule has 19 heavy (non-hydrogen) atoms. The summed E-state index contributed by atoms with van der Waals surface area (Å²) in [5.74, 6) is -1.21. The Balaban J connectivity index is 2.09. The van der Waals surface area contributed by atoms with Gasteiger partial charge in [0.05, 0.1) is 5.41 Å². The molecule has 5 nitrogen and oxygen atoms in total. The molecule has 0 fully saturated rings. The van der Waals surface area contributed by atoms with Gasteiger partial charge in [-0.15, -0.1) is 0 Å². The summed E-state index contributed by atoms with van der Waals surface area (Å²) in [6.07, 6.45) is 1.81. The lowest BCUT2D eigenvalue weighted by atomic mass is 9.94. The summed E-state index contributed by atoms with van der Waals surface area (Å²) in [5, 5.41) is 12.7. The smallest absolute Gasteiger partial charge is 0.310 e. The minimum Gasteiger partial charge on any atom is -0.481 e. The van der Waals surface area contributed by atoms with E-state index in [1.165, 1.54) is 0 Å². The van der Waals surface area contributed by atoms with Gasteiger partial charge in [-0.05, 0) is 37.4 Å². The number of carboxylic acid groups (broad SMARTS) is 1. The molecule has 0 saturated carbocycles. The summed E-state index contributed by atoms with van der Waals surface area (Å²) < 4.78 is 0. The molecule has 0 atom stereocenters. The number of rotatable bonds is 4. The first kappa shape index (κ1) is 13.1. The van der Waals surface area contributed by atoms with E-state index in [4.69, 9.17) is 5.11 Å². The highest BCUT2D eigenvalue weighted by molar-refractivity contribution is 5.98. The summed E-state index contributed by atoms with van der Waals surface area (Å²) in [7, 11) is 0. The minimum absolute atomic E-state index is 0.0872. The molecule has 0 spiro atoms. The number of carbonyl (C=O) groups is 2. The van der Waals surface area contributed by atoms with Crippen molar-refractivity contribution in [3.63, 3.8) is 0 Å². The zero-order valence-corrected chi connectivity index (χ0v) is 10.9. The van der Waals surface area contributed by atoms with E-state index in [1.807, 2.05) is 12.1 Å². The molecule has 0 radical (unpaired) electrons. The van der Waals surface area contributed by atoms with Crippen LogP contribution in [0.2, 0.25) is 0 Å². The fraction of sp³-hybridized carbons (Fsp3) is 0.286. The van der Waals surface area contributed by atoms with Gasteiger partial charge in [0.15, 0.2) is 0 Å². The lowest BCUT2D eigenvalue weighted by Crippen LogP contribution is -2.38. The van der Waals surface area contributed by atoms with Crippen LogP contribution in [0.1, 0.15) is 24.2 Å². The molecule has 2 rings (SSSR count). The number of H-pyrrole nitrogens is 1. The number of benzene rings is 1. The van der Waals surface area contributed by atoms with Crippen LogP contribution in [0.3, 0.4) is 0 Å². The van der Waals surface area contributed by atoms with Gasteiger partial charge in [0.1, 0.15) is 0 Å². The number of carbonyl (C=O) groups excluding carboxylic acids is 1. The van der Waals surface area contributed by atoms with Crippen LogP contribution in [0.25, 0.3) is 10.9 Å². The van der Waals surface area contributed by atoms with Gasteiger partial charge in [-0.3, -0.25) is 9.59 Å². The van der Waals surface area contributed by atoms with Crippen molar-refractivity contribution in [3.8, 4) is 0 Å². The van der Waals surface area contributed by atoms with Crippen LogP contribution < -0.4 is 5.32 Å². The van der Waals surface area contributed by atoms with E-state index in [-0.39, 0.29) is 12.5 Å². The molecule has 0 bridgehead atoms. The Bertz CT molecular complexity index is 628. The molecule has 1 aromatic carbocycles. The maximum Gasteiger partial charge on any atom is 0.310 e. The molecule has 0 aliphatic heterocycles. The molecule has 5 heteroatoms. The Morgan fingerprint density at radius 1 is 1.32 bits per heavy atom. The molecular formula is C14H16N2O3. The summed E-state index contributed by atoms with van der Waals surface area (Å²) in [6.45, 7) is 3.23. The fourth-order valence-corrected chi connectivity index (χ4v) is 1.67. The zero-order valence-electron chi connectivity index (χ0n) is 10.9. The fourth-order valence-electron chi connectivity index (χ4n) is 1.67. The summed E-state index contributed by atoms with van der Waals surface area (Å²) in [5.41, 5.74) is 0.410. The average molecular weight is 260 g/mol. The zero-order chi connectivity index (χ0) is 14.0. The molecule has 0 aliphatic rings. The van der Waals surface area contributed by atoms with Crippen LogP contribution in [0.5, 0.6) is 0 Å². The Labute approximate surface area is 110 Å². The number of aromatic amines is 1. The van der Waals surface area contributed by atoms with Gasteiger partial charge in [0.25, 0.3) is 5.91 Å². The van der Waals surface area contributed by atoms with Crippen molar-refractivity contribution in [2.45, 2.75) is 13.8 Å². The Kier molecular flexibility index (Phi) is 3.29. The highest BCUT2D eigenvalue weighted by atomic mass is 16.4. The molecular weight excluding hydrogens is 244 g/mol. The lowest BCUT2D eigenvalue weighted by molar-refractivity contribution is -0.146. The van der Waals surface area contributed by atoms with Crippen molar-refractivity contribution in [2.75, 3.05) is 6.54 Å². The molecule has 1 heterocycles. The van der Waals surface area contributed by atoms with Crippen LogP contribution in [-0.2, 0) is 4.79 Å². The SMILES string of the molecule is CC(C)(CNC(=O)c1ccc2cc[nH]c2c1)C(=O)O. The molecule has 2 aromatic rings. The summed E-state index contributed by atoms with van der Waals surface area (Å²) in [4.78, 5) is 25.9. The largest absolute Gasteiger partial charge is 0.481 e. The van der Waals surface area contributed by atoms with Crippen molar-refractivity contribution in [3.05, 3.63) is 36.0 Å². The lowest BCUT2D eigenvalue weighted by Gasteiger charge is -2.19. The second kappa shape index (κ2) is 4.76. The number of nitrogens with one attached hydrogen (secondary N) is 2. The van der Waals surface area contributed by atoms with Gasteiger partial charge in [-0.2, -0.15) is 0 Å². The van der Waals surface area contributed by atoms with Crippen LogP contribution in [0, 0.1) is 5.41 Å². The van der Waals surface area contributed by atoms with E-state index in [2.05, 4.69) is 10.3 Å². The van der Waals surface area contributed by atoms with Crippen molar-refractivity contribution < 1.29 is 14.7 Å². The molecule has 1 amide bonds. The van der Waals surface area contributed by atoms with Crippen molar-refractivity contribution in [2.24, 2.45) is 5.41 Å². The number of hydrogen-bond acceptors (Lipinski definition) is 2. The first-order chi connectivity index (χ1) is 8.90. The maximum atomic E-state index is 12.0. The highest BCUT2D eigenvalue weighted by Gasteiger charge is 2.27. The van der Waals surface area contributed by atoms with Gasteiger partial charge in [0.2, 0.25) is 0 Å². The molecule has 100 valence electrons. The van der Waals surface area contributed by atoms with E-state index in [9.17, 15) is 9.59 Å². The number of aromatic nitrogens is 1. The van der Waals surface area contributed by atoms with E-state index in [0.717, 1.165) is 10.9 Å². The number of amides is 1. The molecule has 0 saturated heterocycles. The van der Waals surface area contributed by atoms with Gasteiger partial charge in [-0.25, -0.2) is 0 Å². The maximum absolute atomic E-state index is 12.0. The van der Waals surface area contributed by atoms with Crippen LogP contribution in [-0.4, -0.2) is 28.5 Å². The summed E-state index contributed by atoms with van der Waals surface area (Å²) >= 11 is 0. The number of aliphatic carboxylic acids is 1. The van der Waals surface area contributed by atoms with Crippen LogP contribution in [0.15, 0.2) is 30.5 Å². The standard InChI is InChI=1S/C14H16N2O3/c1-14(2,13(18)19)8-16-12(17)10-4-3-9-5-6-15-11(9)7-10/h3-7,15H,8H2,1-2H3,(H,16,17)(H,18,19). The Morgan fingerprint density at radius 2 is 2.05 bits per heavy atom. The van der Waals surface area contributed by atoms with E-state index in [0.29, 0.717) is 5.56 Å². The van der Waals surface area contributed by atoms with E-state index >= 15 is 0 Å². The first-order valence-corrected chi connectivity index (χ1v) is 5.99. The minimum atomic E-state index is -0.980. The quantitative estimate of drug-likeness (QED) is 0.786. The number of fused-ring (bicyclic) bond motifs is 1. The first-order valence-electron chi connectivity index (χ1n) is 5.99. The predicted octanol–water partition coefficient (Wildman–Crippen LogP) is 2.01. The van der Waals surface area contributed by atoms with Gasteiger partial charge < -0.3 is 15.4 Å². The average Bonchev–Trinajstić information content (AvgIpc) is 2.82. The second-order valence-corrected chi connectivity index (χ2v) is 5.15. The van der Waals surface area contributed by atoms with Crippen molar-refractivity contribution in [1.29, 1.82) is 0 Å². The van der Waals surface area contributed by atoms with E-state index < -0.39 is 11.4 Å². The van der Waals surface area contributed by atoms with Gasteiger partial charge in [0, 0.05) is 23.8 Å². The predicted molar refractivity (Wildman–Crippen MR) is 72.0 cm³/mol. The van der Waals surface area contributed by atoms with Gasteiger partial charge >= 0.3 is 5.97 Å². The monoisotopic (exact) mass is 260 g/mol. The summed E-state index contributed by atoms with van der Waals surface area (Å²) in [6, 6.07) is 7.24. The third kappa shape index (κ3) is 2.76. The molecule has 0 aliphatic carbocycles. The van der Waals surface area contributed by atoms with Crippen LogP contribution in [0.4, 0.5) is 0 Å². The Hall–Kier alpha value is -2.30. The third-order valence-corrected chi connectivity index (χ3v) is 3.09. The Morgan fingerprint density at radius 3 is 2.74 bits per heavy atom. The number of carboxylic acids is 1. The van der Waals surface area contributed by atoms with E-state index in [1.54, 1.807) is 32.2 Å². The number of hydrogen-bond donors (Lipinski definition) is 3. The second-order valence-electron chi connectivity index (χ2n) is 5.15. The van der Waals surface area contributed by atoms with Crippen LogP contribution >= 0.6 is 0 Å². The van der Waals surface area contributed by atoms with Crippen molar-refractivity contribution >= 4 is 22.8 Å². The third-order valence-electron chi connectivity index (χ3n) is 3.09. The topological polar surface area (TPSA) is 82.2 Å². The van der Waals surface area contributed by atoms with Gasteiger partial charge in [-0.1, -0.05) is 6.07 Å². The molecule has 1 aromatic heterocycles.